The van der Waals surface area contributed by atoms with E-state index in [1.54, 1.807) is 6.26 Å². The van der Waals surface area contributed by atoms with Gasteiger partial charge in [-0.15, -0.1) is 0 Å². The molecule has 1 atom stereocenters. The van der Waals surface area contributed by atoms with Gasteiger partial charge >= 0.3 is 0 Å². The first-order valence-corrected chi connectivity index (χ1v) is 7.45. The number of aromatic amines is 1. The minimum atomic E-state index is 0.484. The molecule has 3 rings (SSSR count). The molecule has 0 amide bonds. The molecule has 5 nitrogen and oxygen atoms in total. The van der Waals surface area contributed by atoms with Crippen molar-refractivity contribution in [2.45, 2.75) is 38.5 Å². The van der Waals surface area contributed by atoms with E-state index in [1.807, 2.05) is 13.0 Å². The Labute approximate surface area is 119 Å². The molecule has 0 aliphatic carbocycles. The second-order valence-electron chi connectivity index (χ2n) is 5.60. The van der Waals surface area contributed by atoms with Gasteiger partial charge < -0.3 is 9.32 Å². The first kappa shape index (κ1) is 13.4. The molecule has 0 saturated carbocycles. The lowest BCUT2D eigenvalue weighted by Crippen LogP contribution is -2.35. The maximum absolute atomic E-state index is 5.37. The van der Waals surface area contributed by atoms with Crippen molar-refractivity contribution in [1.82, 2.24) is 20.1 Å². The molecule has 2 aromatic rings. The zero-order chi connectivity index (χ0) is 13.8. The van der Waals surface area contributed by atoms with Crippen LogP contribution in [0.25, 0.3) is 0 Å². The van der Waals surface area contributed by atoms with E-state index in [9.17, 15) is 0 Å². The van der Waals surface area contributed by atoms with E-state index < -0.39 is 0 Å². The van der Waals surface area contributed by atoms with Crippen LogP contribution in [0.5, 0.6) is 0 Å². The normalized spacial score (nSPS) is 20.4. The van der Waals surface area contributed by atoms with Gasteiger partial charge in [-0.3, -0.25) is 5.10 Å². The lowest BCUT2D eigenvalue weighted by atomic mass is 9.97. The van der Waals surface area contributed by atoms with E-state index >= 15 is 0 Å². The third-order valence-electron chi connectivity index (χ3n) is 3.96. The minimum Gasteiger partial charge on any atom is -0.469 e. The molecule has 1 saturated heterocycles. The second-order valence-corrected chi connectivity index (χ2v) is 5.60. The number of piperidine rings is 1. The van der Waals surface area contributed by atoms with Crippen molar-refractivity contribution in [3.63, 3.8) is 0 Å². The van der Waals surface area contributed by atoms with Gasteiger partial charge in [-0.25, -0.2) is 4.98 Å². The predicted molar refractivity (Wildman–Crippen MR) is 76.6 cm³/mol. The molecular formula is C15H22N4O. The molecule has 0 aromatic carbocycles. The van der Waals surface area contributed by atoms with Crippen molar-refractivity contribution in [2.24, 2.45) is 0 Å². The number of rotatable bonds is 5. The SMILES string of the molecule is Cc1nc([C@@H]2CCCN(CCCc3ccco3)C2)n[nH]1. The highest BCUT2D eigenvalue weighted by Crippen LogP contribution is 2.24. The van der Waals surface area contributed by atoms with Gasteiger partial charge in [0.2, 0.25) is 0 Å². The average molecular weight is 274 g/mol. The van der Waals surface area contributed by atoms with Crippen LogP contribution in [0.4, 0.5) is 0 Å². The van der Waals surface area contributed by atoms with Crippen molar-refractivity contribution in [2.75, 3.05) is 19.6 Å². The Morgan fingerprint density at radius 1 is 1.50 bits per heavy atom. The molecule has 1 N–H and O–H groups in total. The van der Waals surface area contributed by atoms with Gasteiger partial charge in [-0.05, 0) is 51.4 Å². The van der Waals surface area contributed by atoms with Crippen molar-refractivity contribution in [3.05, 3.63) is 35.8 Å². The van der Waals surface area contributed by atoms with Gasteiger partial charge in [-0.2, -0.15) is 5.10 Å². The number of furan rings is 1. The number of nitrogens with one attached hydrogen (secondary N) is 1. The lowest BCUT2D eigenvalue weighted by molar-refractivity contribution is 0.201. The summed E-state index contributed by atoms with van der Waals surface area (Å²) in [6.07, 6.45) is 6.35. The van der Waals surface area contributed by atoms with Crippen LogP contribution >= 0.6 is 0 Å². The summed E-state index contributed by atoms with van der Waals surface area (Å²) in [4.78, 5) is 7.01. The van der Waals surface area contributed by atoms with E-state index in [0.717, 1.165) is 43.3 Å². The highest BCUT2D eigenvalue weighted by atomic mass is 16.3. The summed E-state index contributed by atoms with van der Waals surface area (Å²) in [6, 6.07) is 4.01. The summed E-state index contributed by atoms with van der Waals surface area (Å²) in [5.41, 5.74) is 0. The number of nitrogens with zero attached hydrogens (tertiary/aromatic N) is 3. The smallest absolute Gasteiger partial charge is 0.155 e. The Bertz CT molecular complexity index is 520. The monoisotopic (exact) mass is 274 g/mol. The molecule has 0 radical (unpaired) electrons. The van der Waals surface area contributed by atoms with Gasteiger partial charge in [0.05, 0.1) is 6.26 Å². The summed E-state index contributed by atoms with van der Waals surface area (Å²) in [5.74, 6) is 3.47. The summed E-state index contributed by atoms with van der Waals surface area (Å²) in [5, 5.41) is 7.27. The Morgan fingerprint density at radius 3 is 3.20 bits per heavy atom. The van der Waals surface area contributed by atoms with E-state index in [1.165, 1.54) is 19.4 Å². The Kier molecular flexibility index (Phi) is 4.16. The lowest BCUT2D eigenvalue weighted by Gasteiger charge is -2.31. The van der Waals surface area contributed by atoms with Gasteiger partial charge in [0.25, 0.3) is 0 Å². The number of likely N-dealkylation sites (tertiary alicyclic amines) is 1. The van der Waals surface area contributed by atoms with Crippen LogP contribution in [0.15, 0.2) is 22.8 Å². The summed E-state index contributed by atoms with van der Waals surface area (Å²) in [6.45, 7) is 5.36. The molecule has 2 aromatic heterocycles. The topological polar surface area (TPSA) is 58.0 Å². The molecular weight excluding hydrogens is 252 g/mol. The number of hydrogen-bond donors (Lipinski definition) is 1. The largest absolute Gasteiger partial charge is 0.469 e. The average Bonchev–Trinajstić information content (AvgIpc) is 3.11. The van der Waals surface area contributed by atoms with Crippen LogP contribution in [0, 0.1) is 6.92 Å². The van der Waals surface area contributed by atoms with E-state index in [0.29, 0.717) is 5.92 Å². The first-order chi connectivity index (χ1) is 9.81. The molecule has 0 unspecified atom stereocenters. The molecule has 20 heavy (non-hydrogen) atoms. The van der Waals surface area contributed by atoms with Gasteiger partial charge in [-0.1, -0.05) is 0 Å². The van der Waals surface area contributed by atoms with Crippen LogP contribution in [0.3, 0.4) is 0 Å². The third kappa shape index (κ3) is 3.28. The number of hydrogen-bond acceptors (Lipinski definition) is 4. The predicted octanol–water partition coefficient (Wildman–Crippen LogP) is 2.52. The minimum absolute atomic E-state index is 0.484. The van der Waals surface area contributed by atoms with Crippen LogP contribution in [0.1, 0.15) is 42.6 Å². The van der Waals surface area contributed by atoms with E-state index in [2.05, 4.69) is 26.1 Å². The van der Waals surface area contributed by atoms with E-state index in [4.69, 9.17) is 4.42 Å². The molecule has 3 heterocycles. The van der Waals surface area contributed by atoms with Gasteiger partial charge in [0, 0.05) is 18.9 Å². The van der Waals surface area contributed by atoms with Crippen molar-refractivity contribution < 1.29 is 4.42 Å². The molecule has 0 bridgehead atoms. The second kappa shape index (κ2) is 6.22. The van der Waals surface area contributed by atoms with Gasteiger partial charge in [0.1, 0.15) is 11.6 Å². The van der Waals surface area contributed by atoms with Crippen molar-refractivity contribution >= 4 is 0 Å². The quantitative estimate of drug-likeness (QED) is 0.910. The Balaban J connectivity index is 1.48. The fourth-order valence-corrected chi connectivity index (χ4v) is 2.94. The molecule has 5 heteroatoms. The summed E-state index contributed by atoms with van der Waals surface area (Å²) in [7, 11) is 0. The van der Waals surface area contributed by atoms with Crippen LogP contribution in [-0.4, -0.2) is 39.7 Å². The Morgan fingerprint density at radius 2 is 2.45 bits per heavy atom. The molecule has 1 aliphatic rings. The molecule has 0 spiro atoms. The maximum Gasteiger partial charge on any atom is 0.155 e. The maximum atomic E-state index is 5.37. The number of aromatic nitrogens is 3. The molecule has 1 fully saturated rings. The number of H-pyrrole nitrogens is 1. The number of aryl methyl sites for hydroxylation is 2. The Hall–Kier alpha value is -1.62. The van der Waals surface area contributed by atoms with Crippen LogP contribution < -0.4 is 0 Å². The third-order valence-corrected chi connectivity index (χ3v) is 3.96. The molecule has 1 aliphatic heterocycles. The molecule has 108 valence electrons. The van der Waals surface area contributed by atoms with Crippen LogP contribution in [-0.2, 0) is 6.42 Å². The fraction of sp³-hybridized carbons (Fsp3) is 0.600. The van der Waals surface area contributed by atoms with Crippen molar-refractivity contribution in [1.29, 1.82) is 0 Å². The standard InChI is InChI=1S/C15H22N4O/c1-12-16-15(18-17-12)13-5-2-8-19(11-13)9-3-6-14-7-4-10-20-14/h4,7,10,13H,2-3,5-6,8-9,11H2,1H3,(H,16,17,18)/t13-/m1/s1. The fourth-order valence-electron chi connectivity index (χ4n) is 2.94. The van der Waals surface area contributed by atoms with Crippen molar-refractivity contribution in [3.8, 4) is 0 Å². The summed E-state index contributed by atoms with van der Waals surface area (Å²) >= 11 is 0. The highest BCUT2D eigenvalue weighted by molar-refractivity contribution is 5.00. The van der Waals surface area contributed by atoms with Gasteiger partial charge in [0.15, 0.2) is 5.82 Å². The zero-order valence-electron chi connectivity index (χ0n) is 12.0. The highest BCUT2D eigenvalue weighted by Gasteiger charge is 2.23. The van der Waals surface area contributed by atoms with E-state index in [-0.39, 0.29) is 0 Å². The zero-order valence-corrected chi connectivity index (χ0v) is 12.0. The summed E-state index contributed by atoms with van der Waals surface area (Å²) < 4.78 is 5.37. The van der Waals surface area contributed by atoms with Crippen LogP contribution in [0.2, 0.25) is 0 Å². The first-order valence-electron chi connectivity index (χ1n) is 7.45.